The summed E-state index contributed by atoms with van der Waals surface area (Å²) < 4.78 is 52.5. The first kappa shape index (κ1) is 18.6. The largest absolute Gasteiger partial charge is 0.248 e. The van der Waals surface area contributed by atoms with E-state index in [9.17, 15) is 17.2 Å². The zero-order chi connectivity index (χ0) is 18.6. The third kappa shape index (κ3) is 5.42. The number of hydrogen-bond acceptors (Lipinski definition) is 4. The monoisotopic (exact) mass is 394 g/mol. The maximum Gasteiger partial charge on any atom is 0.216 e. The zero-order valence-corrected chi connectivity index (χ0v) is 15.3. The van der Waals surface area contributed by atoms with E-state index in [0.29, 0.717) is 17.0 Å². The number of aromatic nitrogens is 1. The van der Waals surface area contributed by atoms with E-state index in [1.165, 1.54) is 47.7 Å². The van der Waals surface area contributed by atoms with E-state index in [0.717, 1.165) is 10.4 Å². The molecule has 4 nitrogen and oxygen atoms in total. The molecule has 0 saturated heterocycles. The van der Waals surface area contributed by atoms with Gasteiger partial charge in [0.1, 0.15) is 16.6 Å². The number of rotatable bonds is 7. The van der Waals surface area contributed by atoms with E-state index < -0.39 is 15.8 Å². The number of nitrogens with zero attached hydrogens (tertiary/aromatic N) is 1. The van der Waals surface area contributed by atoms with Crippen LogP contribution in [0.3, 0.4) is 0 Å². The SMILES string of the molecule is O=S(=O)(Cc1ccc(F)cc1)NCc1ncc(Cc2ccc(F)cc2)s1. The lowest BCUT2D eigenvalue weighted by atomic mass is 10.1. The molecule has 1 N–H and O–H groups in total. The van der Waals surface area contributed by atoms with Gasteiger partial charge in [-0.1, -0.05) is 24.3 Å². The van der Waals surface area contributed by atoms with Crippen molar-refractivity contribution in [2.75, 3.05) is 0 Å². The van der Waals surface area contributed by atoms with Crippen molar-refractivity contribution in [3.05, 3.63) is 87.4 Å². The highest BCUT2D eigenvalue weighted by molar-refractivity contribution is 7.88. The van der Waals surface area contributed by atoms with Crippen LogP contribution in [0, 0.1) is 11.6 Å². The van der Waals surface area contributed by atoms with Gasteiger partial charge in [0.15, 0.2) is 0 Å². The predicted octanol–water partition coefficient (Wildman–Crippen LogP) is 3.63. The molecule has 2 aromatic carbocycles. The van der Waals surface area contributed by atoms with E-state index in [-0.39, 0.29) is 18.1 Å². The minimum absolute atomic E-state index is 0.0949. The van der Waals surface area contributed by atoms with Crippen LogP contribution in [-0.2, 0) is 28.7 Å². The predicted molar refractivity (Wildman–Crippen MR) is 97.2 cm³/mol. The van der Waals surface area contributed by atoms with Crippen LogP contribution in [0.4, 0.5) is 8.78 Å². The molecular formula is C18H16F2N2O2S2. The molecule has 1 heterocycles. The number of nitrogens with one attached hydrogen (secondary N) is 1. The minimum Gasteiger partial charge on any atom is -0.248 e. The third-order valence-electron chi connectivity index (χ3n) is 3.61. The van der Waals surface area contributed by atoms with Gasteiger partial charge in [-0.05, 0) is 35.4 Å². The Kier molecular flexibility index (Phi) is 5.75. The van der Waals surface area contributed by atoms with Crippen LogP contribution in [0.2, 0.25) is 0 Å². The Bertz CT molecular complexity index is 969. The molecule has 0 amide bonds. The molecule has 8 heteroatoms. The molecule has 0 radical (unpaired) electrons. The average molecular weight is 394 g/mol. The first-order valence-electron chi connectivity index (χ1n) is 7.79. The third-order valence-corrected chi connectivity index (χ3v) is 5.90. The molecule has 0 unspecified atom stereocenters. The van der Waals surface area contributed by atoms with Crippen molar-refractivity contribution in [1.29, 1.82) is 0 Å². The Labute approximate surface area is 154 Å². The molecule has 0 bridgehead atoms. The standard InChI is InChI=1S/C18H16F2N2O2S2/c19-15-5-1-13(2-6-15)9-17-10-21-18(25-17)11-22-26(23,24)12-14-3-7-16(20)8-4-14/h1-8,10,22H,9,11-12H2. The van der Waals surface area contributed by atoms with Gasteiger partial charge in [-0.15, -0.1) is 11.3 Å². The van der Waals surface area contributed by atoms with Crippen molar-refractivity contribution < 1.29 is 17.2 Å². The Hall–Kier alpha value is -2.16. The fourth-order valence-corrected chi connectivity index (χ4v) is 4.42. The summed E-state index contributed by atoms with van der Waals surface area (Å²) in [6.07, 6.45) is 2.30. The normalized spacial score (nSPS) is 11.6. The molecular weight excluding hydrogens is 378 g/mol. The van der Waals surface area contributed by atoms with Gasteiger partial charge in [0.05, 0.1) is 12.3 Å². The van der Waals surface area contributed by atoms with Gasteiger partial charge in [-0.2, -0.15) is 0 Å². The maximum absolute atomic E-state index is 12.9. The van der Waals surface area contributed by atoms with Crippen LogP contribution in [-0.4, -0.2) is 13.4 Å². The summed E-state index contributed by atoms with van der Waals surface area (Å²) in [7, 11) is -3.55. The van der Waals surface area contributed by atoms with Crippen molar-refractivity contribution in [3.8, 4) is 0 Å². The van der Waals surface area contributed by atoms with Crippen LogP contribution in [0.25, 0.3) is 0 Å². The van der Waals surface area contributed by atoms with Gasteiger partial charge in [-0.3, -0.25) is 0 Å². The summed E-state index contributed by atoms with van der Waals surface area (Å²) in [6.45, 7) is 0.0949. The van der Waals surface area contributed by atoms with Crippen molar-refractivity contribution in [3.63, 3.8) is 0 Å². The molecule has 0 spiro atoms. The van der Waals surface area contributed by atoms with Crippen LogP contribution in [0.15, 0.2) is 54.7 Å². The highest BCUT2D eigenvalue weighted by Crippen LogP contribution is 2.18. The summed E-state index contributed by atoms with van der Waals surface area (Å²) in [5.74, 6) is -0.911. The van der Waals surface area contributed by atoms with Crippen LogP contribution >= 0.6 is 11.3 Å². The summed E-state index contributed by atoms with van der Waals surface area (Å²) in [6, 6.07) is 11.6. The van der Waals surface area contributed by atoms with E-state index in [1.54, 1.807) is 18.3 Å². The molecule has 0 aliphatic carbocycles. The van der Waals surface area contributed by atoms with Crippen molar-refractivity contribution in [2.24, 2.45) is 0 Å². The molecule has 0 fully saturated rings. The fourth-order valence-electron chi connectivity index (χ4n) is 2.34. The number of thiazole rings is 1. The summed E-state index contributed by atoms with van der Waals surface area (Å²) in [5, 5.41) is 0.643. The second kappa shape index (κ2) is 8.03. The first-order chi connectivity index (χ1) is 12.4. The highest BCUT2D eigenvalue weighted by Gasteiger charge is 2.13. The molecule has 0 atom stereocenters. The van der Waals surface area contributed by atoms with E-state index in [4.69, 9.17) is 0 Å². The van der Waals surface area contributed by atoms with Gasteiger partial charge in [0, 0.05) is 17.5 Å². The topological polar surface area (TPSA) is 59.1 Å². The smallest absolute Gasteiger partial charge is 0.216 e. The van der Waals surface area contributed by atoms with E-state index in [1.807, 2.05) is 0 Å². The van der Waals surface area contributed by atoms with Gasteiger partial charge in [-0.25, -0.2) is 26.9 Å². The van der Waals surface area contributed by atoms with Gasteiger partial charge < -0.3 is 0 Å². The lowest BCUT2D eigenvalue weighted by Gasteiger charge is -2.05. The molecule has 3 rings (SSSR count). The average Bonchev–Trinajstić information content (AvgIpc) is 3.05. The van der Waals surface area contributed by atoms with Crippen LogP contribution < -0.4 is 4.72 Å². The van der Waals surface area contributed by atoms with Crippen molar-refractivity contribution >= 4 is 21.4 Å². The second-order valence-electron chi connectivity index (χ2n) is 5.73. The molecule has 0 aliphatic heterocycles. The van der Waals surface area contributed by atoms with E-state index in [2.05, 4.69) is 9.71 Å². The molecule has 0 saturated carbocycles. The summed E-state index contributed by atoms with van der Waals surface area (Å²) in [5.41, 5.74) is 1.47. The van der Waals surface area contributed by atoms with Crippen molar-refractivity contribution in [2.45, 2.75) is 18.7 Å². The zero-order valence-electron chi connectivity index (χ0n) is 13.7. The molecule has 26 heavy (non-hydrogen) atoms. The molecule has 1 aromatic heterocycles. The maximum atomic E-state index is 12.9. The number of halogens is 2. The Morgan fingerprint density at radius 1 is 0.923 bits per heavy atom. The molecule has 136 valence electrons. The fraction of sp³-hybridized carbons (Fsp3) is 0.167. The quantitative estimate of drug-likeness (QED) is 0.666. The van der Waals surface area contributed by atoms with Gasteiger partial charge in [0.2, 0.25) is 10.0 Å². The van der Waals surface area contributed by atoms with Gasteiger partial charge >= 0.3 is 0 Å². The number of sulfonamides is 1. The number of hydrogen-bond donors (Lipinski definition) is 1. The minimum atomic E-state index is -3.55. The Morgan fingerprint density at radius 3 is 2.12 bits per heavy atom. The molecule has 3 aromatic rings. The Morgan fingerprint density at radius 2 is 1.50 bits per heavy atom. The first-order valence-corrected chi connectivity index (χ1v) is 10.3. The lowest BCUT2D eigenvalue weighted by molar-refractivity contribution is 0.580. The molecule has 0 aliphatic rings. The lowest BCUT2D eigenvalue weighted by Crippen LogP contribution is -2.24. The van der Waals surface area contributed by atoms with Gasteiger partial charge in [0.25, 0.3) is 0 Å². The van der Waals surface area contributed by atoms with Crippen LogP contribution in [0.5, 0.6) is 0 Å². The van der Waals surface area contributed by atoms with E-state index >= 15 is 0 Å². The summed E-state index contributed by atoms with van der Waals surface area (Å²) in [4.78, 5) is 5.18. The van der Waals surface area contributed by atoms with Crippen molar-refractivity contribution in [1.82, 2.24) is 9.71 Å². The Balaban J connectivity index is 1.56. The second-order valence-corrected chi connectivity index (χ2v) is 8.74. The summed E-state index contributed by atoms with van der Waals surface area (Å²) >= 11 is 1.40. The highest BCUT2D eigenvalue weighted by atomic mass is 32.2. The number of benzene rings is 2. The van der Waals surface area contributed by atoms with Crippen LogP contribution in [0.1, 0.15) is 21.0 Å².